The van der Waals surface area contributed by atoms with Crippen LogP contribution in [-0.4, -0.2) is 22.0 Å². The normalized spacial score (nSPS) is 23.4. The molecule has 0 saturated heterocycles. The van der Waals surface area contributed by atoms with Gasteiger partial charge in [-0.1, -0.05) is 19.8 Å². The quantitative estimate of drug-likeness (QED) is 0.848. The summed E-state index contributed by atoms with van der Waals surface area (Å²) >= 11 is 1.54. The third kappa shape index (κ3) is 3.61. The van der Waals surface area contributed by atoms with Crippen LogP contribution >= 0.6 is 11.3 Å². The predicted molar refractivity (Wildman–Crippen MR) is 83.5 cm³/mol. The molecule has 1 fully saturated rings. The Morgan fingerprint density at radius 2 is 2.15 bits per heavy atom. The minimum Gasteiger partial charge on any atom is -0.315 e. The molecule has 1 aliphatic rings. The van der Waals surface area contributed by atoms with E-state index >= 15 is 0 Å². The topological polar surface area (TPSA) is 58.2 Å². The summed E-state index contributed by atoms with van der Waals surface area (Å²) in [6.45, 7) is 5.37. The Morgan fingerprint density at radius 1 is 1.40 bits per heavy atom. The van der Waals surface area contributed by atoms with E-state index in [4.69, 9.17) is 0 Å². The lowest BCUT2D eigenvalue weighted by Crippen LogP contribution is -2.30. The maximum absolute atomic E-state index is 12.4. The third-order valence-corrected chi connectivity index (χ3v) is 6.87. The van der Waals surface area contributed by atoms with E-state index in [-0.39, 0.29) is 0 Å². The van der Waals surface area contributed by atoms with Gasteiger partial charge in [0, 0.05) is 22.8 Å². The number of hydrogen-bond donors (Lipinski definition) is 2. The van der Waals surface area contributed by atoms with Gasteiger partial charge in [0.15, 0.2) is 0 Å². The van der Waals surface area contributed by atoms with Crippen LogP contribution in [0.5, 0.6) is 0 Å². The van der Waals surface area contributed by atoms with E-state index < -0.39 is 10.0 Å². The summed E-state index contributed by atoms with van der Waals surface area (Å²) in [5.41, 5.74) is 0. The summed E-state index contributed by atoms with van der Waals surface area (Å²) in [6, 6.07) is 1.79. The highest BCUT2D eigenvalue weighted by Crippen LogP contribution is 2.31. The van der Waals surface area contributed by atoms with Gasteiger partial charge in [-0.05, 0) is 38.3 Å². The van der Waals surface area contributed by atoms with Crippen molar-refractivity contribution in [2.45, 2.75) is 44.6 Å². The van der Waals surface area contributed by atoms with Crippen molar-refractivity contribution in [2.24, 2.45) is 11.8 Å². The molecule has 1 aromatic rings. The van der Waals surface area contributed by atoms with Crippen molar-refractivity contribution in [3.63, 3.8) is 0 Å². The summed E-state index contributed by atoms with van der Waals surface area (Å²) in [4.78, 5) is 2.36. The lowest BCUT2D eigenvalue weighted by atomic mass is 9.99. The Morgan fingerprint density at radius 3 is 2.75 bits per heavy atom. The first-order valence-corrected chi connectivity index (χ1v) is 9.47. The van der Waals surface area contributed by atoms with Crippen LogP contribution in [0.2, 0.25) is 0 Å². The fraction of sp³-hybridized carbons (Fsp3) is 0.714. The SMILES string of the molecule is CNCc1cc(S(=O)(=O)NCC2CCCC2C)c(C)s1. The lowest BCUT2D eigenvalue weighted by Gasteiger charge is -2.15. The van der Waals surface area contributed by atoms with Crippen molar-refractivity contribution in [1.29, 1.82) is 0 Å². The summed E-state index contributed by atoms with van der Waals surface area (Å²) in [6.07, 6.45) is 3.57. The Labute approximate surface area is 126 Å². The minimum absolute atomic E-state index is 0.443. The minimum atomic E-state index is -3.37. The van der Waals surface area contributed by atoms with Gasteiger partial charge in [0.1, 0.15) is 0 Å². The number of aryl methyl sites for hydroxylation is 1. The molecule has 0 amide bonds. The van der Waals surface area contributed by atoms with E-state index in [2.05, 4.69) is 17.0 Å². The van der Waals surface area contributed by atoms with Gasteiger partial charge in [-0.15, -0.1) is 11.3 Å². The predicted octanol–water partition coefficient (Wildman–Crippen LogP) is 2.49. The first-order valence-electron chi connectivity index (χ1n) is 7.17. The van der Waals surface area contributed by atoms with Gasteiger partial charge in [0.25, 0.3) is 0 Å². The van der Waals surface area contributed by atoms with Crippen LogP contribution in [0.3, 0.4) is 0 Å². The van der Waals surface area contributed by atoms with Crippen LogP contribution in [0.4, 0.5) is 0 Å². The molecule has 1 saturated carbocycles. The second-order valence-electron chi connectivity index (χ2n) is 5.68. The van der Waals surface area contributed by atoms with Gasteiger partial charge in [0.2, 0.25) is 10.0 Å². The smallest absolute Gasteiger partial charge is 0.241 e. The van der Waals surface area contributed by atoms with Crippen LogP contribution in [0.15, 0.2) is 11.0 Å². The van der Waals surface area contributed by atoms with Gasteiger partial charge in [-0.2, -0.15) is 0 Å². The number of thiophene rings is 1. The molecule has 2 atom stereocenters. The number of nitrogens with one attached hydrogen (secondary N) is 2. The van der Waals surface area contributed by atoms with Crippen molar-refractivity contribution in [2.75, 3.05) is 13.6 Å². The van der Waals surface area contributed by atoms with Gasteiger partial charge in [-0.3, -0.25) is 0 Å². The summed E-state index contributed by atoms with van der Waals surface area (Å²) in [7, 11) is -1.50. The average Bonchev–Trinajstić information content (AvgIpc) is 2.94. The molecule has 6 heteroatoms. The molecule has 0 spiro atoms. The van der Waals surface area contributed by atoms with Crippen molar-refractivity contribution in [3.05, 3.63) is 15.8 Å². The van der Waals surface area contributed by atoms with Gasteiger partial charge in [0.05, 0.1) is 4.90 Å². The monoisotopic (exact) mass is 316 g/mol. The molecular formula is C14H24N2O2S2. The van der Waals surface area contributed by atoms with Crippen LogP contribution in [-0.2, 0) is 16.6 Å². The van der Waals surface area contributed by atoms with Crippen LogP contribution in [0.1, 0.15) is 35.9 Å². The highest BCUT2D eigenvalue weighted by Gasteiger charge is 2.26. The molecule has 0 aromatic carbocycles. The molecule has 2 rings (SSSR count). The number of hydrogen-bond acceptors (Lipinski definition) is 4. The zero-order valence-electron chi connectivity index (χ0n) is 12.4. The summed E-state index contributed by atoms with van der Waals surface area (Å²) in [5, 5.41) is 3.05. The highest BCUT2D eigenvalue weighted by molar-refractivity contribution is 7.89. The molecule has 0 radical (unpaired) electrons. The number of rotatable bonds is 6. The molecule has 4 nitrogen and oxygen atoms in total. The Balaban J connectivity index is 2.06. The van der Waals surface area contributed by atoms with Crippen LogP contribution < -0.4 is 10.0 Å². The van der Waals surface area contributed by atoms with E-state index in [9.17, 15) is 8.42 Å². The van der Waals surface area contributed by atoms with Crippen molar-refractivity contribution in [3.8, 4) is 0 Å². The second-order valence-corrected chi connectivity index (χ2v) is 8.76. The zero-order chi connectivity index (χ0) is 14.8. The maximum atomic E-state index is 12.4. The van der Waals surface area contributed by atoms with Gasteiger partial charge in [-0.25, -0.2) is 13.1 Å². The van der Waals surface area contributed by atoms with Crippen LogP contribution in [0.25, 0.3) is 0 Å². The lowest BCUT2D eigenvalue weighted by molar-refractivity contribution is 0.414. The number of sulfonamides is 1. The Bertz CT molecular complexity index is 552. The maximum Gasteiger partial charge on any atom is 0.241 e. The molecule has 2 N–H and O–H groups in total. The van der Waals surface area contributed by atoms with E-state index in [0.717, 1.165) is 16.2 Å². The molecule has 20 heavy (non-hydrogen) atoms. The van der Waals surface area contributed by atoms with Crippen molar-refractivity contribution in [1.82, 2.24) is 10.0 Å². The third-order valence-electron chi connectivity index (χ3n) is 4.14. The van der Waals surface area contributed by atoms with E-state index in [1.165, 1.54) is 12.8 Å². The zero-order valence-corrected chi connectivity index (χ0v) is 14.0. The van der Waals surface area contributed by atoms with E-state index in [1.54, 1.807) is 17.4 Å². The molecule has 114 valence electrons. The van der Waals surface area contributed by atoms with Gasteiger partial charge < -0.3 is 5.32 Å². The molecule has 0 aliphatic heterocycles. The fourth-order valence-electron chi connectivity index (χ4n) is 2.87. The Hall–Kier alpha value is -0.430. The summed E-state index contributed by atoms with van der Waals surface area (Å²) in [5.74, 6) is 1.11. The molecule has 1 aromatic heterocycles. The van der Waals surface area contributed by atoms with E-state index in [1.807, 2.05) is 14.0 Å². The molecule has 0 bridgehead atoms. The molecular weight excluding hydrogens is 292 g/mol. The first-order chi connectivity index (χ1) is 9.44. The summed E-state index contributed by atoms with van der Waals surface area (Å²) < 4.78 is 27.6. The fourth-order valence-corrected chi connectivity index (χ4v) is 5.61. The highest BCUT2D eigenvalue weighted by atomic mass is 32.2. The average molecular weight is 316 g/mol. The molecule has 2 unspecified atom stereocenters. The van der Waals surface area contributed by atoms with Crippen LogP contribution in [0, 0.1) is 18.8 Å². The van der Waals surface area contributed by atoms with Crippen molar-refractivity contribution < 1.29 is 8.42 Å². The standard InChI is InChI=1S/C14H24N2O2S2/c1-10-5-4-6-12(10)8-16-20(17,18)14-7-13(9-15-3)19-11(14)2/h7,10,12,15-16H,4-6,8-9H2,1-3H3. The van der Waals surface area contributed by atoms with Gasteiger partial charge >= 0.3 is 0 Å². The molecule has 1 heterocycles. The largest absolute Gasteiger partial charge is 0.315 e. The molecule has 1 aliphatic carbocycles. The second kappa shape index (κ2) is 6.56. The van der Waals surface area contributed by atoms with Crippen molar-refractivity contribution >= 4 is 21.4 Å². The Kier molecular flexibility index (Phi) is 5.23. The van der Waals surface area contributed by atoms with E-state index in [0.29, 0.717) is 29.8 Å². The first kappa shape index (κ1) is 15.9.